The Morgan fingerprint density at radius 1 is 1.21 bits per heavy atom. The van der Waals surface area contributed by atoms with Gasteiger partial charge in [-0.2, -0.15) is 4.31 Å². The molecule has 1 aromatic carbocycles. The quantitative estimate of drug-likeness (QED) is 0.694. The molecule has 144 valence electrons. The predicted octanol–water partition coefficient (Wildman–Crippen LogP) is 3.34. The third-order valence-corrected chi connectivity index (χ3v) is 6.76. The van der Waals surface area contributed by atoms with Crippen molar-refractivity contribution < 1.29 is 12.8 Å². The molecule has 6 nitrogen and oxygen atoms in total. The molecule has 2 aromatic heterocycles. The number of pyridine rings is 1. The fourth-order valence-electron chi connectivity index (χ4n) is 4.11. The highest BCUT2D eigenvalue weighted by molar-refractivity contribution is 7.88. The highest BCUT2D eigenvalue weighted by Gasteiger charge is 2.26. The average Bonchev–Trinajstić information content (AvgIpc) is 2.96. The van der Waals surface area contributed by atoms with Crippen LogP contribution >= 0.6 is 0 Å². The summed E-state index contributed by atoms with van der Waals surface area (Å²) in [7, 11) is -3.20. The molecule has 3 aromatic rings. The van der Waals surface area contributed by atoms with Crippen LogP contribution in [0.15, 0.2) is 36.5 Å². The minimum Gasteiger partial charge on any atom is -0.380 e. The number of halogens is 1. The summed E-state index contributed by atoms with van der Waals surface area (Å²) in [5, 5.41) is 4.40. The van der Waals surface area contributed by atoms with E-state index < -0.39 is 10.0 Å². The molecule has 0 atom stereocenters. The van der Waals surface area contributed by atoms with Crippen LogP contribution in [-0.2, 0) is 16.6 Å². The fraction of sp³-hybridized carbons (Fsp3) is 0.250. The lowest BCUT2D eigenvalue weighted by molar-refractivity contribution is 0.445. The van der Waals surface area contributed by atoms with Crippen molar-refractivity contribution >= 4 is 32.3 Å². The van der Waals surface area contributed by atoms with E-state index in [1.807, 2.05) is 12.1 Å². The highest BCUT2D eigenvalue weighted by atomic mass is 32.2. The second kappa shape index (κ2) is 6.15. The number of nitrogens with one attached hydrogen (secondary N) is 2. The first-order valence-electron chi connectivity index (χ1n) is 9.10. The van der Waals surface area contributed by atoms with Crippen LogP contribution in [0.1, 0.15) is 17.7 Å². The molecule has 4 heterocycles. The van der Waals surface area contributed by atoms with Gasteiger partial charge in [0, 0.05) is 53.7 Å². The number of anilines is 1. The van der Waals surface area contributed by atoms with E-state index in [4.69, 9.17) is 0 Å². The standard InChI is InChI=1S/C20H19FN4O2S/c1-28(26,27)25-8-5-12(6-9-25)19-16-11-23-17-3-2-13(21)10-15(17)14-4-7-22-20(24-19)18(14)16/h2-5,7,10,23H,6,8-9,11H2,1H3,(H,22,24). The van der Waals surface area contributed by atoms with Gasteiger partial charge in [-0.05, 0) is 41.8 Å². The summed E-state index contributed by atoms with van der Waals surface area (Å²) >= 11 is 0. The molecule has 2 aliphatic heterocycles. The summed E-state index contributed by atoms with van der Waals surface area (Å²) in [6, 6.07) is 6.67. The summed E-state index contributed by atoms with van der Waals surface area (Å²) in [6.07, 6.45) is 5.55. The van der Waals surface area contributed by atoms with Crippen molar-refractivity contribution in [1.29, 1.82) is 0 Å². The summed E-state index contributed by atoms with van der Waals surface area (Å²) in [6.45, 7) is 1.40. The maximum Gasteiger partial charge on any atom is 0.211 e. The molecule has 0 aliphatic carbocycles. The van der Waals surface area contributed by atoms with Crippen molar-refractivity contribution in [3.63, 3.8) is 0 Å². The molecule has 28 heavy (non-hydrogen) atoms. The Balaban J connectivity index is 1.66. The van der Waals surface area contributed by atoms with Gasteiger partial charge in [-0.15, -0.1) is 0 Å². The second-order valence-electron chi connectivity index (χ2n) is 7.20. The van der Waals surface area contributed by atoms with Gasteiger partial charge >= 0.3 is 0 Å². The van der Waals surface area contributed by atoms with Gasteiger partial charge in [0.05, 0.1) is 6.26 Å². The minimum atomic E-state index is -3.20. The Morgan fingerprint density at radius 2 is 2.07 bits per heavy atom. The third-order valence-electron chi connectivity index (χ3n) is 5.49. The lowest BCUT2D eigenvalue weighted by Crippen LogP contribution is -2.33. The number of benzene rings is 1. The molecule has 0 unspecified atom stereocenters. The SMILES string of the molecule is CS(=O)(=O)N1CC=C(c2[nH]c3nccc4c3c2CNc2ccc(F)cc2-4)CC1. The van der Waals surface area contributed by atoms with Crippen molar-refractivity contribution in [3.8, 4) is 11.1 Å². The van der Waals surface area contributed by atoms with Crippen LogP contribution in [0.4, 0.5) is 10.1 Å². The predicted molar refractivity (Wildman–Crippen MR) is 108 cm³/mol. The van der Waals surface area contributed by atoms with Gasteiger partial charge in [0.25, 0.3) is 0 Å². The van der Waals surface area contributed by atoms with Crippen LogP contribution in [0, 0.1) is 5.82 Å². The molecule has 0 amide bonds. The molecule has 2 N–H and O–H groups in total. The zero-order chi connectivity index (χ0) is 19.5. The molecule has 0 spiro atoms. The van der Waals surface area contributed by atoms with Gasteiger partial charge in [0.15, 0.2) is 0 Å². The maximum absolute atomic E-state index is 13.9. The van der Waals surface area contributed by atoms with Crippen LogP contribution in [0.25, 0.3) is 27.7 Å². The molecular formula is C20H19FN4O2S. The van der Waals surface area contributed by atoms with E-state index in [9.17, 15) is 12.8 Å². The number of sulfonamides is 1. The molecule has 2 aliphatic rings. The molecular weight excluding hydrogens is 379 g/mol. The Labute approximate surface area is 162 Å². The van der Waals surface area contributed by atoms with Crippen molar-refractivity contribution in [1.82, 2.24) is 14.3 Å². The topological polar surface area (TPSA) is 78.1 Å². The summed E-state index contributed by atoms with van der Waals surface area (Å²) < 4.78 is 38.9. The maximum atomic E-state index is 13.9. The molecule has 0 bridgehead atoms. The van der Waals surface area contributed by atoms with Crippen molar-refractivity contribution in [2.45, 2.75) is 13.0 Å². The van der Waals surface area contributed by atoms with E-state index >= 15 is 0 Å². The Kier molecular flexibility index (Phi) is 3.82. The van der Waals surface area contributed by atoms with E-state index in [2.05, 4.69) is 15.3 Å². The normalized spacial score (nSPS) is 17.0. The third kappa shape index (κ3) is 2.71. The van der Waals surface area contributed by atoms with Crippen LogP contribution < -0.4 is 5.32 Å². The first-order chi connectivity index (χ1) is 13.4. The van der Waals surface area contributed by atoms with E-state index in [0.717, 1.165) is 44.7 Å². The Morgan fingerprint density at radius 3 is 2.82 bits per heavy atom. The van der Waals surface area contributed by atoms with Crippen LogP contribution in [-0.4, -0.2) is 42.0 Å². The number of hydrogen-bond donors (Lipinski definition) is 2. The van der Waals surface area contributed by atoms with Crippen molar-refractivity contribution in [3.05, 3.63) is 53.6 Å². The van der Waals surface area contributed by atoms with Crippen LogP contribution in [0.2, 0.25) is 0 Å². The molecule has 0 saturated heterocycles. The van der Waals surface area contributed by atoms with Crippen LogP contribution in [0.3, 0.4) is 0 Å². The number of hydrogen-bond acceptors (Lipinski definition) is 4. The number of aromatic amines is 1. The minimum absolute atomic E-state index is 0.277. The highest BCUT2D eigenvalue weighted by Crippen LogP contribution is 2.41. The monoisotopic (exact) mass is 398 g/mol. The first-order valence-corrected chi connectivity index (χ1v) is 10.9. The zero-order valence-electron chi connectivity index (χ0n) is 15.3. The number of H-pyrrole nitrogens is 1. The molecule has 0 fully saturated rings. The van der Waals surface area contributed by atoms with Crippen LogP contribution in [0.5, 0.6) is 0 Å². The largest absolute Gasteiger partial charge is 0.380 e. The summed E-state index contributed by atoms with van der Waals surface area (Å²) in [4.78, 5) is 7.89. The summed E-state index contributed by atoms with van der Waals surface area (Å²) in [5.41, 5.74) is 6.54. The number of aromatic nitrogens is 2. The lowest BCUT2D eigenvalue weighted by atomic mass is 9.98. The zero-order valence-corrected chi connectivity index (χ0v) is 16.1. The first kappa shape index (κ1) is 17.4. The van der Waals surface area contributed by atoms with E-state index in [1.165, 1.54) is 16.6 Å². The van der Waals surface area contributed by atoms with E-state index in [-0.39, 0.29) is 5.82 Å². The van der Waals surface area contributed by atoms with Gasteiger partial charge in [-0.3, -0.25) is 0 Å². The number of fused-ring (bicyclic) bond motifs is 2. The molecule has 0 saturated carbocycles. The van der Waals surface area contributed by atoms with E-state index in [1.54, 1.807) is 18.3 Å². The molecule has 8 heteroatoms. The molecule has 5 rings (SSSR count). The summed E-state index contributed by atoms with van der Waals surface area (Å²) in [5.74, 6) is -0.277. The van der Waals surface area contributed by atoms with E-state index in [0.29, 0.717) is 26.1 Å². The lowest BCUT2D eigenvalue weighted by Gasteiger charge is -2.24. The van der Waals surface area contributed by atoms with Crippen molar-refractivity contribution in [2.75, 3.05) is 24.7 Å². The van der Waals surface area contributed by atoms with Crippen molar-refractivity contribution in [2.24, 2.45) is 0 Å². The Bertz CT molecular complexity index is 1250. The second-order valence-corrected chi connectivity index (χ2v) is 9.19. The van der Waals surface area contributed by atoms with Gasteiger partial charge in [-0.25, -0.2) is 17.8 Å². The van der Waals surface area contributed by atoms with Gasteiger partial charge in [0.2, 0.25) is 10.0 Å². The fourth-order valence-corrected chi connectivity index (χ4v) is 4.88. The van der Waals surface area contributed by atoms with Gasteiger partial charge in [-0.1, -0.05) is 6.08 Å². The van der Waals surface area contributed by atoms with Gasteiger partial charge < -0.3 is 10.3 Å². The number of nitrogens with zero attached hydrogens (tertiary/aromatic N) is 2. The average molecular weight is 398 g/mol. The number of rotatable bonds is 2. The molecule has 0 radical (unpaired) electrons. The smallest absolute Gasteiger partial charge is 0.211 e. The Hall–Kier alpha value is -2.71. The van der Waals surface area contributed by atoms with Gasteiger partial charge in [0.1, 0.15) is 11.5 Å².